The van der Waals surface area contributed by atoms with Crippen LogP contribution in [0.15, 0.2) is 0 Å². The van der Waals surface area contributed by atoms with Crippen LogP contribution in [0.5, 0.6) is 0 Å². The van der Waals surface area contributed by atoms with Gasteiger partial charge in [0, 0.05) is 32.6 Å². The Kier molecular flexibility index (Phi) is 11.1. The Labute approximate surface area is 143 Å². The molecule has 2 saturated heterocycles. The van der Waals surface area contributed by atoms with E-state index in [1.54, 1.807) is 4.90 Å². The minimum absolute atomic E-state index is 0.462. The lowest BCUT2D eigenvalue weighted by atomic mass is 9.42. The molecule has 136 valence electrons. The molecule has 0 aromatic heterocycles. The number of nitrogens with zero attached hydrogens (tertiary/aromatic N) is 2. The number of fused-ring (bicyclic) bond motifs is 3. The predicted octanol–water partition coefficient (Wildman–Crippen LogP) is -0.256. The maximum atomic E-state index is 9.27. The van der Waals surface area contributed by atoms with E-state index in [0.717, 1.165) is 19.2 Å². The third-order valence-electron chi connectivity index (χ3n) is 5.15. The molecule has 5 nitrogen and oxygen atoms in total. The van der Waals surface area contributed by atoms with Gasteiger partial charge >= 0.3 is 0 Å². The second-order valence-electron chi connectivity index (χ2n) is 7.01. The fourth-order valence-electron chi connectivity index (χ4n) is 3.68. The zero-order chi connectivity index (χ0) is 17.1. The lowest BCUT2D eigenvalue weighted by Crippen LogP contribution is -3.09. The van der Waals surface area contributed by atoms with Gasteiger partial charge in [0.2, 0.25) is 0 Å². The van der Waals surface area contributed by atoms with Crippen LogP contribution in [-0.2, 0) is 0 Å². The molecule has 2 bridgehead atoms. The Morgan fingerprint density at radius 1 is 0.870 bits per heavy atom. The van der Waals surface area contributed by atoms with Crippen molar-refractivity contribution >= 4 is 6.71 Å². The molecular formula is C17H39BN3O2+. The van der Waals surface area contributed by atoms with Crippen LogP contribution in [0, 0.1) is 0 Å². The molecule has 2 rings (SSSR count). The first kappa shape index (κ1) is 20.9. The maximum absolute atomic E-state index is 9.27. The largest absolute Gasteiger partial charge is 0.369 e. The topological polar surface area (TPSA) is 51.4 Å². The van der Waals surface area contributed by atoms with Crippen molar-refractivity contribution in [2.24, 2.45) is 0 Å². The minimum atomic E-state index is -1.14. The van der Waals surface area contributed by atoms with Gasteiger partial charge in [-0.05, 0) is 25.8 Å². The van der Waals surface area contributed by atoms with Crippen LogP contribution in [0.1, 0.15) is 26.7 Å². The number of likely N-dealkylation sites (N-methyl/N-ethyl adjacent to an activating group) is 1. The van der Waals surface area contributed by atoms with Gasteiger partial charge in [0.05, 0.1) is 20.1 Å². The van der Waals surface area contributed by atoms with E-state index in [-0.39, 0.29) is 0 Å². The Balaban J connectivity index is 0.00000127. The van der Waals surface area contributed by atoms with E-state index in [1.807, 2.05) is 13.8 Å². The van der Waals surface area contributed by atoms with E-state index < -0.39 is 6.29 Å². The number of hydrogen-bond donors (Lipinski definition) is 3. The van der Waals surface area contributed by atoms with E-state index in [1.165, 1.54) is 58.7 Å². The van der Waals surface area contributed by atoms with Gasteiger partial charge in [0.1, 0.15) is 13.0 Å². The molecule has 0 radical (unpaired) electrons. The molecule has 0 aromatic rings. The van der Waals surface area contributed by atoms with Crippen molar-refractivity contribution < 1.29 is 15.1 Å². The zero-order valence-corrected chi connectivity index (χ0v) is 15.6. The molecule has 3 atom stereocenters. The van der Waals surface area contributed by atoms with Crippen molar-refractivity contribution in [2.75, 3.05) is 59.4 Å². The summed E-state index contributed by atoms with van der Waals surface area (Å²) in [6.45, 7) is 14.0. The molecule has 2 fully saturated rings. The van der Waals surface area contributed by atoms with Crippen molar-refractivity contribution in [1.29, 1.82) is 0 Å². The van der Waals surface area contributed by atoms with Gasteiger partial charge in [0.25, 0.3) is 0 Å². The molecule has 0 saturated carbocycles. The summed E-state index contributed by atoms with van der Waals surface area (Å²) >= 11 is 0. The van der Waals surface area contributed by atoms with Crippen molar-refractivity contribution in [3.05, 3.63) is 0 Å². The molecule has 2 aliphatic rings. The Bertz CT molecular complexity index is 295. The maximum Gasteiger partial charge on any atom is 0.147 e. The van der Waals surface area contributed by atoms with Gasteiger partial charge in [-0.2, -0.15) is 0 Å². The standard InChI is InChI=1S/C15H32BN3O2.C2H6/c1-17-6-3-8-18-9-5-16(14-15(20)21)4-2-7-19(11-10-17)13-12-18;1-2/h15,20-21H,2-14H2,1H3;1-2H3/p+1. The first-order valence-corrected chi connectivity index (χ1v) is 9.75. The summed E-state index contributed by atoms with van der Waals surface area (Å²) in [5.74, 6) is 0. The summed E-state index contributed by atoms with van der Waals surface area (Å²) < 4.78 is 0. The van der Waals surface area contributed by atoms with Crippen LogP contribution in [-0.4, -0.2) is 92.4 Å². The van der Waals surface area contributed by atoms with Gasteiger partial charge in [-0.1, -0.05) is 26.5 Å². The average molecular weight is 328 g/mol. The first-order valence-electron chi connectivity index (χ1n) is 9.75. The summed E-state index contributed by atoms with van der Waals surface area (Å²) in [6, 6.07) is 0. The fraction of sp³-hybridized carbons (Fsp3) is 1.00. The van der Waals surface area contributed by atoms with Crippen LogP contribution in [0.3, 0.4) is 0 Å². The smallest absolute Gasteiger partial charge is 0.147 e. The summed E-state index contributed by atoms with van der Waals surface area (Å²) in [7, 11) is 2.31. The second kappa shape index (κ2) is 12.3. The zero-order valence-electron chi connectivity index (χ0n) is 15.6. The van der Waals surface area contributed by atoms with E-state index in [0.29, 0.717) is 13.0 Å². The summed E-state index contributed by atoms with van der Waals surface area (Å²) in [4.78, 5) is 6.85. The molecule has 3 N–H and O–H groups in total. The highest BCUT2D eigenvalue weighted by Crippen LogP contribution is 2.14. The van der Waals surface area contributed by atoms with Gasteiger partial charge < -0.3 is 20.0 Å². The van der Waals surface area contributed by atoms with Gasteiger partial charge in [-0.25, -0.2) is 0 Å². The number of nitrogens with one attached hydrogen (secondary N) is 1. The van der Waals surface area contributed by atoms with E-state index in [9.17, 15) is 10.2 Å². The third-order valence-corrected chi connectivity index (χ3v) is 5.15. The normalized spacial score (nSPS) is 30.5. The molecule has 3 unspecified atom stereocenters. The molecule has 0 amide bonds. The van der Waals surface area contributed by atoms with Crippen molar-refractivity contribution in [1.82, 2.24) is 9.80 Å². The molecule has 23 heavy (non-hydrogen) atoms. The molecule has 0 spiro atoms. The predicted molar refractivity (Wildman–Crippen MR) is 98.5 cm³/mol. The summed E-state index contributed by atoms with van der Waals surface area (Å²) in [6.07, 6.45) is 4.11. The highest BCUT2D eigenvalue weighted by Gasteiger charge is 2.22. The number of hydrogen-bond acceptors (Lipinski definition) is 4. The third kappa shape index (κ3) is 9.06. The molecule has 6 heteroatoms. The van der Waals surface area contributed by atoms with Crippen LogP contribution < -0.4 is 4.90 Å². The summed E-state index contributed by atoms with van der Waals surface area (Å²) in [5.41, 5.74) is 0. The molecular weight excluding hydrogens is 289 g/mol. The number of aliphatic hydroxyl groups is 2. The number of quaternary nitrogens is 1. The fourth-order valence-corrected chi connectivity index (χ4v) is 3.68. The lowest BCUT2D eigenvalue weighted by molar-refractivity contribution is -0.879. The SMILES string of the molecule is CC.C[NH+]1CCCN2CCB(CC(O)O)CCCN(CC2)CC1. The van der Waals surface area contributed by atoms with E-state index in [2.05, 4.69) is 16.8 Å². The van der Waals surface area contributed by atoms with Crippen LogP contribution in [0.2, 0.25) is 19.0 Å². The minimum Gasteiger partial charge on any atom is -0.369 e. The number of rotatable bonds is 2. The van der Waals surface area contributed by atoms with Crippen molar-refractivity contribution in [3.63, 3.8) is 0 Å². The average Bonchev–Trinajstić information content (AvgIpc) is 2.54. The first-order chi connectivity index (χ1) is 11.1. The molecule has 2 aliphatic heterocycles. The Morgan fingerprint density at radius 2 is 1.52 bits per heavy atom. The molecule has 2 heterocycles. The van der Waals surface area contributed by atoms with E-state index in [4.69, 9.17) is 0 Å². The highest BCUT2D eigenvalue weighted by atomic mass is 16.5. The van der Waals surface area contributed by atoms with Gasteiger partial charge in [0.15, 0.2) is 0 Å². The van der Waals surface area contributed by atoms with Crippen LogP contribution in [0.4, 0.5) is 0 Å². The van der Waals surface area contributed by atoms with Crippen LogP contribution >= 0.6 is 0 Å². The van der Waals surface area contributed by atoms with Gasteiger partial charge in [-0.15, -0.1) is 0 Å². The quantitative estimate of drug-likeness (QED) is 0.483. The summed E-state index contributed by atoms with van der Waals surface area (Å²) in [5, 5.41) is 18.5. The second-order valence-corrected chi connectivity index (χ2v) is 7.01. The Morgan fingerprint density at radius 3 is 2.22 bits per heavy atom. The van der Waals surface area contributed by atoms with Crippen LogP contribution in [0.25, 0.3) is 0 Å². The van der Waals surface area contributed by atoms with E-state index >= 15 is 0 Å². The van der Waals surface area contributed by atoms with Crippen molar-refractivity contribution in [3.8, 4) is 0 Å². The number of aliphatic hydroxyl groups excluding tert-OH is 1. The highest BCUT2D eigenvalue weighted by molar-refractivity contribution is 6.59. The Hall–Kier alpha value is -0.135. The molecule has 0 aromatic carbocycles. The lowest BCUT2D eigenvalue weighted by Gasteiger charge is -2.32. The molecule has 0 aliphatic carbocycles. The van der Waals surface area contributed by atoms with Gasteiger partial charge in [-0.3, -0.25) is 4.90 Å². The monoisotopic (exact) mass is 328 g/mol. The van der Waals surface area contributed by atoms with Crippen molar-refractivity contribution in [2.45, 2.75) is 51.9 Å².